The number of rotatable bonds is 3. The Kier molecular flexibility index (Phi) is 3.51. The molecule has 0 aliphatic rings. The van der Waals surface area contributed by atoms with E-state index in [4.69, 9.17) is 4.74 Å². The molecule has 2 aromatic heterocycles. The number of nitrogens with one attached hydrogen (secondary N) is 1. The van der Waals surface area contributed by atoms with Gasteiger partial charge in [0, 0.05) is 7.05 Å². The Balaban J connectivity index is 2.69. The number of carbonyl (C=O) groups is 1. The number of H-pyrrole nitrogens is 1. The number of pyridine rings is 1. The number of esters is 1. The quantitative estimate of drug-likeness (QED) is 0.641. The van der Waals surface area contributed by atoms with E-state index in [0.717, 1.165) is 0 Å². The molecule has 7 nitrogen and oxygen atoms in total. The first-order chi connectivity index (χ1) is 9.45. The third kappa shape index (κ3) is 2.25. The summed E-state index contributed by atoms with van der Waals surface area (Å²) in [5, 5.41) is 0.156. The molecule has 0 aliphatic carbocycles. The number of nitrogens with zero attached hydrogens (tertiary/aromatic N) is 2. The van der Waals surface area contributed by atoms with E-state index >= 15 is 0 Å². The van der Waals surface area contributed by atoms with Crippen LogP contribution in [0, 0.1) is 6.92 Å². The second-order valence-corrected chi connectivity index (χ2v) is 4.20. The number of aromatic nitrogens is 3. The van der Waals surface area contributed by atoms with Crippen LogP contribution in [0.15, 0.2) is 28.3 Å². The molecule has 0 amide bonds. The summed E-state index contributed by atoms with van der Waals surface area (Å²) < 4.78 is 6.13. The summed E-state index contributed by atoms with van der Waals surface area (Å²) in [4.78, 5) is 41.4. The van der Waals surface area contributed by atoms with Crippen molar-refractivity contribution in [2.75, 3.05) is 6.61 Å². The van der Waals surface area contributed by atoms with Crippen LogP contribution in [-0.2, 0) is 11.8 Å². The summed E-state index contributed by atoms with van der Waals surface area (Å²) in [6.07, 6.45) is 1.44. The highest BCUT2D eigenvalue weighted by Crippen LogP contribution is 2.13. The number of hydrogen-bond donors (Lipinski definition) is 1. The molecule has 0 saturated carbocycles. The number of aromatic amines is 1. The highest BCUT2D eigenvalue weighted by molar-refractivity contribution is 5.94. The minimum absolute atomic E-state index is 0.0694. The van der Waals surface area contributed by atoms with E-state index < -0.39 is 17.2 Å². The molecule has 0 spiro atoms. The van der Waals surface area contributed by atoms with Gasteiger partial charge in [0.05, 0.1) is 16.6 Å². The lowest BCUT2D eigenvalue weighted by Crippen LogP contribution is -2.29. The van der Waals surface area contributed by atoms with Crippen LogP contribution in [0.1, 0.15) is 16.1 Å². The van der Waals surface area contributed by atoms with Gasteiger partial charge in [0.1, 0.15) is 12.3 Å². The fourth-order valence-corrected chi connectivity index (χ4v) is 1.78. The van der Waals surface area contributed by atoms with Gasteiger partial charge in [0.15, 0.2) is 0 Å². The van der Waals surface area contributed by atoms with Crippen molar-refractivity contribution in [2.45, 2.75) is 6.92 Å². The van der Waals surface area contributed by atoms with Crippen LogP contribution in [-0.4, -0.2) is 27.1 Å². The summed E-state index contributed by atoms with van der Waals surface area (Å²) in [5.74, 6) is -0.593. The summed E-state index contributed by atoms with van der Waals surface area (Å²) >= 11 is 0. The monoisotopic (exact) mass is 275 g/mol. The molecule has 0 aromatic carbocycles. The van der Waals surface area contributed by atoms with Crippen molar-refractivity contribution in [3.05, 3.63) is 50.8 Å². The van der Waals surface area contributed by atoms with E-state index in [9.17, 15) is 14.4 Å². The average Bonchev–Trinajstić information content (AvgIpc) is 2.41. The number of ether oxygens (including phenoxy) is 1. The van der Waals surface area contributed by atoms with E-state index in [2.05, 4.69) is 16.5 Å². The van der Waals surface area contributed by atoms with Gasteiger partial charge in [-0.1, -0.05) is 12.7 Å². The Hall–Kier alpha value is -2.70. The number of hydrogen-bond acceptors (Lipinski definition) is 5. The standard InChI is InChI=1S/C13H13N3O4/c1-4-5-20-12(18)8-6-9-10(14-7(8)2)16(3)13(19)15-11(9)17/h4,6H,1,5H2,2-3H3,(H,15,17,19). The molecule has 0 saturated heterocycles. The fraction of sp³-hybridized carbons (Fsp3) is 0.231. The maximum atomic E-state index is 11.8. The van der Waals surface area contributed by atoms with E-state index in [0.29, 0.717) is 5.69 Å². The van der Waals surface area contributed by atoms with E-state index in [1.807, 2.05) is 0 Å². The summed E-state index contributed by atoms with van der Waals surface area (Å²) in [7, 11) is 1.49. The molecule has 7 heteroatoms. The van der Waals surface area contributed by atoms with Crippen LogP contribution >= 0.6 is 0 Å². The van der Waals surface area contributed by atoms with Gasteiger partial charge >= 0.3 is 11.7 Å². The van der Waals surface area contributed by atoms with Crippen molar-refractivity contribution in [1.29, 1.82) is 0 Å². The van der Waals surface area contributed by atoms with Crippen molar-refractivity contribution in [3.8, 4) is 0 Å². The molecule has 2 aromatic rings. The topological polar surface area (TPSA) is 94.0 Å². The van der Waals surface area contributed by atoms with Gasteiger partial charge in [-0.25, -0.2) is 14.6 Å². The lowest BCUT2D eigenvalue weighted by Gasteiger charge is -2.08. The first kappa shape index (κ1) is 13.7. The van der Waals surface area contributed by atoms with Crippen LogP contribution in [0.5, 0.6) is 0 Å². The third-order valence-corrected chi connectivity index (χ3v) is 2.83. The SMILES string of the molecule is C=CCOC(=O)c1cc2c(=O)[nH]c(=O)n(C)c2nc1C. The summed E-state index contributed by atoms with van der Waals surface area (Å²) in [5.41, 5.74) is -0.364. The van der Waals surface area contributed by atoms with Gasteiger partial charge in [-0.2, -0.15) is 0 Å². The van der Waals surface area contributed by atoms with Crippen molar-refractivity contribution >= 4 is 17.0 Å². The van der Waals surface area contributed by atoms with Gasteiger partial charge in [0.2, 0.25) is 0 Å². The second-order valence-electron chi connectivity index (χ2n) is 4.20. The molecule has 0 fully saturated rings. The molecular weight excluding hydrogens is 262 g/mol. The summed E-state index contributed by atoms with van der Waals surface area (Å²) in [6.45, 7) is 5.12. The predicted octanol–water partition coefficient (Wildman–Crippen LogP) is 0.273. The number of aryl methyl sites for hydroxylation is 2. The minimum Gasteiger partial charge on any atom is -0.458 e. The Morgan fingerprint density at radius 2 is 2.25 bits per heavy atom. The molecule has 0 atom stereocenters. The predicted molar refractivity (Wildman–Crippen MR) is 72.8 cm³/mol. The van der Waals surface area contributed by atoms with Crippen LogP contribution in [0.2, 0.25) is 0 Å². The Morgan fingerprint density at radius 1 is 1.55 bits per heavy atom. The minimum atomic E-state index is -0.593. The average molecular weight is 275 g/mol. The fourth-order valence-electron chi connectivity index (χ4n) is 1.78. The van der Waals surface area contributed by atoms with Crippen molar-refractivity contribution in [1.82, 2.24) is 14.5 Å². The van der Waals surface area contributed by atoms with Gasteiger partial charge in [-0.15, -0.1) is 0 Å². The van der Waals surface area contributed by atoms with Crippen molar-refractivity contribution < 1.29 is 9.53 Å². The first-order valence-electron chi connectivity index (χ1n) is 5.84. The van der Waals surface area contributed by atoms with E-state index in [-0.39, 0.29) is 23.2 Å². The Bertz CT molecular complexity index is 817. The van der Waals surface area contributed by atoms with Gasteiger partial charge in [0.25, 0.3) is 5.56 Å². The normalized spacial score (nSPS) is 10.5. The molecule has 104 valence electrons. The lowest BCUT2D eigenvalue weighted by atomic mass is 10.1. The van der Waals surface area contributed by atoms with Gasteiger partial charge in [-0.05, 0) is 13.0 Å². The smallest absolute Gasteiger partial charge is 0.340 e. The van der Waals surface area contributed by atoms with Crippen LogP contribution in [0.3, 0.4) is 0 Å². The van der Waals surface area contributed by atoms with E-state index in [1.165, 1.54) is 23.8 Å². The van der Waals surface area contributed by atoms with E-state index in [1.54, 1.807) is 6.92 Å². The molecule has 0 aliphatic heterocycles. The molecular formula is C13H13N3O4. The zero-order valence-corrected chi connectivity index (χ0v) is 11.1. The van der Waals surface area contributed by atoms with Gasteiger partial charge in [-0.3, -0.25) is 14.3 Å². The first-order valence-corrected chi connectivity index (χ1v) is 5.84. The second kappa shape index (κ2) is 5.12. The third-order valence-electron chi connectivity index (χ3n) is 2.83. The molecule has 2 heterocycles. The highest BCUT2D eigenvalue weighted by Gasteiger charge is 2.15. The zero-order chi connectivity index (χ0) is 14.9. The van der Waals surface area contributed by atoms with Gasteiger partial charge < -0.3 is 4.74 Å². The maximum absolute atomic E-state index is 11.8. The molecule has 0 radical (unpaired) electrons. The highest BCUT2D eigenvalue weighted by atomic mass is 16.5. The molecule has 0 unspecified atom stereocenters. The van der Waals surface area contributed by atoms with Crippen LogP contribution < -0.4 is 11.2 Å². The largest absolute Gasteiger partial charge is 0.458 e. The Morgan fingerprint density at radius 3 is 2.90 bits per heavy atom. The number of fused-ring (bicyclic) bond motifs is 1. The molecule has 1 N–H and O–H groups in total. The van der Waals surface area contributed by atoms with Crippen molar-refractivity contribution in [2.24, 2.45) is 7.05 Å². The Labute approximate surface area is 113 Å². The molecule has 20 heavy (non-hydrogen) atoms. The zero-order valence-electron chi connectivity index (χ0n) is 11.1. The lowest BCUT2D eigenvalue weighted by molar-refractivity contribution is 0.0548. The summed E-state index contributed by atoms with van der Waals surface area (Å²) in [6, 6.07) is 1.38. The molecule has 2 rings (SSSR count). The maximum Gasteiger partial charge on any atom is 0.340 e. The number of carbonyl (C=O) groups excluding carboxylic acids is 1. The van der Waals surface area contributed by atoms with Crippen LogP contribution in [0.25, 0.3) is 11.0 Å². The molecule has 0 bridgehead atoms. The van der Waals surface area contributed by atoms with Crippen LogP contribution in [0.4, 0.5) is 0 Å². The van der Waals surface area contributed by atoms with Crippen molar-refractivity contribution in [3.63, 3.8) is 0 Å².